The van der Waals surface area contributed by atoms with Crippen LogP contribution in [0.3, 0.4) is 0 Å². The lowest BCUT2D eigenvalue weighted by Crippen LogP contribution is -2.26. The van der Waals surface area contributed by atoms with E-state index in [4.69, 9.17) is 0 Å². The Morgan fingerprint density at radius 2 is 1.65 bits per heavy atom. The zero-order valence-electron chi connectivity index (χ0n) is 12.8. The van der Waals surface area contributed by atoms with E-state index < -0.39 is 49.8 Å². The van der Waals surface area contributed by atoms with Crippen molar-refractivity contribution in [3.63, 3.8) is 0 Å². The Labute approximate surface area is 144 Å². The number of benzene rings is 2. The molecule has 0 saturated heterocycles. The van der Waals surface area contributed by atoms with Gasteiger partial charge >= 0.3 is 5.51 Å². The van der Waals surface area contributed by atoms with Gasteiger partial charge in [0.25, 0.3) is 15.8 Å². The van der Waals surface area contributed by atoms with Crippen molar-refractivity contribution in [2.75, 3.05) is 0 Å². The molecule has 26 heavy (non-hydrogen) atoms. The van der Waals surface area contributed by atoms with Crippen LogP contribution in [0.2, 0.25) is 0 Å². The Bertz CT molecular complexity index is 983. The number of sulfone groups is 1. The van der Waals surface area contributed by atoms with Gasteiger partial charge in [0.2, 0.25) is 0 Å². The number of aliphatic hydroxyl groups excluding tert-OH is 1. The van der Waals surface area contributed by atoms with E-state index in [-0.39, 0.29) is 16.9 Å². The van der Waals surface area contributed by atoms with Crippen LogP contribution in [0, 0.1) is 0 Å². The molecule has 2 aromatic rings. The first kappa shape index (κ1) is 18.6. The zero-order chi connectivity index (χ0) is 19.5. The van der Waals surface area contributed by atoms with E-state index in [0.29, 0.717) is 6.07 Å². The molecule has 3 rings (SSSR count). The fourth-order valence-corrected chi connectivity index (χ4v) is 4.01. The normalized spacial score (nSPS) is 19.4. The van der Waals surface area contributed by atoms with Crippen molar-refractivity contribution in [2.45, 2.75) is 28.9 Å². The lowest BCUT2D eigenvalue weighted by atomic mass is 9.96. The third-order valence-corrected chi connectivity index (χ3v) is 5.74. The predicted octanol–water partition coefficient (Wildman–Crippen LogP) is 3.58. The van der Waals surface area contributed by atoms with Gasteiger partial charge in [-0.15, -0.1) is 0 Å². The number of aliphatic hydroxyl groups is 1. The third kappa shape index (κ3) is 2.64. The largest absolute Gasteiger partial charge is 0.507 e. The van der Waals surface area contributed by atoms with Crippen LogP contribution in [0.5, 0.6) is 5.75 Å². The molecule has 0 aliphatic heterocycles. The van der Waals surface area contributed by atoms with Crippen molar-refractivity contribution >= 4 is 9.84 Å². The van der Waals surface area contributed by atoms with Crippen molar-refractivity contribution in [3.05, 3.63) is 47.5 Å². The number of fused-ring (bicyclic) bond motifs is 1. The van der Waals surface area contributed by atoms with Crippen LogP contribution < -0.4 is 0 Å². The summed E-state index contributed by atoms with van der Waals surface area (Å²) in [5.74, 6) is -4.18. The van der Waals surface area contributed by atoms with Gasteiger partial charge < -0.3 is 10.2 Å². The van der Waals surface area contributed by atoms with Crippen LogP contribution in [0.15, 0.2) is 41.3 Å². The molecule has 0 heterocycles. The molecule has 2 N–H and O–H groups in total. The summed E-state index contributed by atoms with van der Waals surface area (Å²) in [6.45, 7) is 0. The molecular weight excluding hydrogens is 383 g/mol. The summed E-state index contributed by atoms with van der Waals surface area (Å²) in [5.41, 5.74) is -7.20. The highest BCUT2D eigenvalue weighted by molar-refractivity contribution is 7.92. The number of para-hydroxylation sites is 1. The van der Waals surface area contributed by atoms with Gasteiger partial charge in [0.05, 0.1) is 4.90 Å². The van der Waals surface area contributed by atoms with E-state index in [1.54, 1.807) is 0 Å². The molecule has 4 nitrogen and oxygen atoms in total. The molecule has 10 heteroatoms. The lowest BCUT2D eigenvalue weighted by molar-refractivity contribution is -0.0977. The number of alkyl halides is 5. The minimum absolute atomic E-state index is 0.0320. The molecule has 0 saturated carbocycles. The molecule has 0 spiro atoms. The van der Waals surface area contributed by atoms with Crippen LogP contribution in [0.1, 0.15) is 17.2 Å². The smallest absolute Gasteiger partial charge is 0.501 e. The zero-order valence-corrected chi connectivity index (χ0v) is 13.6. The second-order valence-electron chi connectivity index (χ2n) is 5.81. The quantitative estimate of drug-likeness (QED) is 0.764. The van der Waals surface area contributed by atoms with Gasteiger partial charge in [-0.3, -0.25) is 0 Å². The fourth-order valence-electron chi connectivity index (χ4n) is 2.99. The first-order chi connectivity index (χ1) is 11.9. The Balaban J connectivity index is 2.35. The van der Waals surface area contributed by atoms with E-state index in [2.05, 4.69) is 0 Å². The van der Waals surface area contributed by atoms with Gasteiger partial charge in [-0.05, 0) is 23.3 Å². The Morgan fingerprint density at radius 3 is 2.23 bits per heavy atom. The molecule has 1 aliphatic rings. The van der Waals surface area contributed by atoms with Crippen LogP contribution in [-0.2, 0) is 16.3 Å². The van der Waals surface area contributed by atoms with Crippen molar-refractivity contribution < 1.29 is 40.6 Å². The third-order valence-electron chi connectivity index (χ3n) is 4.19. The molecule has 1 atom stereocenters. The summed E-state index contributed by atoms with van der Waals surface area (Å²) in [5, 5.41) is 19.7. The van der Waals surface area contributed by atoms with Crippen LogP contribution in [0.4, 0.5) is 22.0 Å². The Morgan fingerprint density at radius 1 is 1.04 bits per heavy atom. The average Bonchev–Trinajstić information content (AvgIpc) is 2.76. The van der Waals surface area contributed by atoms with Crippen molar-refractivity contribution in [2.24, 2.45) is 0 Å². The van der Waals surface area contributed by atoms with Gasteiger partial charge in [-0.1, -0.05) is 24.3 Å². The highest BCUT2D eigenvalue weighted by Gasteiger charge is 2.54. The SMILES string of the molecule is O=S(=O)(c1ccc(-c2ccccc2O)c2c1[C@H](O)C(F)(F)C2)C(F)(F)F. The highest BCUT2D eigenvalue weighted by atomic mass is 32.2. The number of rotatable bonds is 2. The number of halogens is 5. The maximum absolute atomic E-state index is 14.0. The maximum Gasteiger partial charge on any atom is 0.501 e. The summed E-state index contributed by atoms with van der Waals surface area (Å²) in [7, 11) is -5.95. The first-order valence-corrected chi connectivity index (χ1v) is 8.67. The van der Waals surface area contributed by atoms with Gasteiger partial charge in [-0.25, -0.2) is 17.2 Å². The molecule has 2 aromatic carbocycles. The molecule has 0 aromatic heterocycles. The minimum Gasteiger partial charge on any atom is -0.507 e. The summed E-state index contributed by atoms with van der Waals surface area (Å²) in [4.78, 5) is -1.41. The van der Waals surface area contributed by atoms with Gasteiger partial charge in [0.15, 0.2) is 0 Å². The maximum atomic E-state index is 14.0. The lowest BCUT2D eigenvalue weighted by Gasteiger charge is -2.18. The first-order valence-electron chi connectivity index (χ1n) is 7.19. The molecule has 0 fully saturated rings. The van der Waals surface area contributed by atoms with Gasteiger partial charge in [-0.2, -0.15) is 13.2 Å². The number of hydrogen-bond acceptors (Lipinski definition) is 4. The Hall–Kier alpha value is -2.20. The van der Waals surface area contributed by atoms with E-state index in [1.807, 2.05) is 0 Å². The van der Waals surface area contributed by atoms with E-state index in [0.717, 1.165) is 6.07 Å². The monoisotopic (exact) mass is 394 g/mol. The van der Waals surface area contributed by atoms with E-state index in [9.17, 15) is 40.6 Å². The van der Waals surface area contributed by atoms with Crippen molar-refractivity contribution in [1.29, 1.82) is 0 Å². The average molecular weight is 394 g/mol. The number of phenols is 1. The fraction of sp³-hybridized carbons (Fsp3) is 0.250. The highest BCUT2D eigenvalue weighted by Crippen LogP contribution is 2.51. The Kier molecular flexibility index (Phi) is 4.04. The van der Waals surface area contributed by atoms with Gasteiger partial charge in [0.1, 0.15) is 11.9 Å². The molecule has 0 radical (unpaired) electrons. The second kappa shape index (κ2) is 5.65. The standard InChI is InChI=1S/C16H11F5O4S/c17-15(18)7-10-8(9-3-1-2-4-11(9)22)5-6-12(13(10)14(15)23)26(24,25)16(19,20)21/h1-6,14,22-23H,7H2/t14-/m0/s1. The van der Waals surface area contributed by atoms with Crippen LogP contribution in [0.25, 0.3) is 11.1 Å². The van der Waals surface area contributed by atoms with E-state index >= 15 is 0 Å². The topological polar surface area (TPSA) is 74.6 Å². The predicted molar refractivity (Wildman–Crippen MR) is 80.4 cm³/mol. The van der Waals surface area contributed by atoms with Crippen LogP contribution >= 0.6 is 0 Å². The minimum atomic E-state index is -5.95. The molecule has 0 bridgehead atoms. The molecular formula is C16H11F5O4S. The summed E-state index contributed by atoms with van der Waals surface area (Å²) < 4.78 is 90.2. The van der Waals surface area contributed by atoms with E-state index in [1.165, 1.54) is 24.3 Å². The van der Waals surface area contributed by atoms with Crippen LogP contribution in [-0.4, -0.2) is 30.1 Å². The summed E-state index contributed by atoms with van der Waals surface area (Å²) >= 11 is 0. The molecule has 0 amide bonds. The molecule has 140 valence electrons. The molecule has 0 unspecified atom stereocenters. The number of hydrogen-bond donors (Lipinski definition) is 2. The summed E-state index contributed by atoms with van der Waals surface area (Å²) in [6.07, 6.45) is -3.87. The number of phenolic OH excluding ortho intramolecular Hbond substituents is 1. The molecule has 1 aliphatic carbocycles. The summed E-state index contributed by atoms with van der Waals surface area (Å²) in [6, 6.07) is 6.93. The number of aromatic hydroxyl groups is 1. The van der Waals surface area contributed by atoms with Gasteiger partial charge in [0, 0.05) is 17.5 Å². The second-order valence-corrected chi connectivity index (χ2v) is 7.72. The van der Waals surface area contributed by atoms with Crippen molar-refractivity contribution in [3.8, 4) is 16.9 Å². The van der Waals surface area contributed by atoms with Crippen molar-refractivity contribution in [1.82, 2.24) is 0 Å².